The lowest BCUT2D eigenvalue weighted by Crippen LogP contribution is -2.10. The summed E-state index contributed by atoms with van der Waals surface area (Å²) in [5, 5.41) is 21.1. The molecule has 0 unspecified atom stereocenters. The molecule has 0 amide bonds. The number of anilines is 3. The van der Waals surface area contributed by atoms with Gasteiger partial charge in [-0.2, -0.15) is 0 Å². The Kier molecular flexibility index (Phi) is 9.33. The van der Waals surface area contributed by atoms with Gasteiger partial charge >= 0.3 is 0 Å². The number of benzene rings is 14. The van der Waals surface area contributed by atoms with E-state index in [1.165, 1.54) is 108 Å². The first-order valence-corrected chi connectivity index (χ1v) is 26.1. The van der Waals surface area contributed by atoms with Crippen molar-refractivity contribution in [1.82, 2.24) is 4.98 Å². The molecule has 14 aromatic carbocycles. The van der Waals surface area contributed by atoms with Crippen LogP contribution in [0.4, 0.5) is 17.1 Å². The quantitative estimate of drug-likeness (QED) is 0.156. The molecule has 0 radical (unpaired) electrons. The van der Waals surface area contributed by atoms with Gasteiger partial charge in [-0.1, -0.05) is 188 Å². The van der Waals surface area contributed by atoms with E-state index in [0.29, 0.717) is 0 Å². The van der Waals surface area contributed by atoms with Crippen LogP contribution in [0.5, 0.6) is 0 Å². The Morgan fingerprint density at radius 1 is 0.263 bits per heavy atom. The fourth-order valence-electron chi connectivity index (χ4n) is 12.5. The zero-order chi connectivity index (χ0) is 49.8. The van der Waals surface area contributed by atoms with Crippen molar-refractivity contribution in [3.8, 4) is 33.4 Å². The molecule has 3 nitrogen and oxygen atoms in total. The van der Waals surface area contributed by atoms with E-state index in [4.69, 9.17) is 4.42 Å². The highest BCUT2D eigenvalue weighted by atomic mass is 16.3. The van der Waals surface area contributed by atoms with Crippen molar-refractivity contribution in [2.45, 2.75) is 0 Å². The summed E-state index contributed by atoms with van der Waals surface area (Å²) < 4.78 is 6.13. The molecule has 2 aromatic heterocycles. The lowest BCUT2D eigenvalue weighted by atomic mass is 9.89. The second kappa shape index (κ2) is 16.7. The number of fused-ring (bicyclic) bond motifs is 17. The van der Waals surface area contributed by atoms with Crippen LogP contribution in [0.15, 0.2) is 271 Å². The molecule has 2 heterocycles. The van der Waals surface area contributed by atoms with Gasteiger partial charge in [0.05, 0.1) is 0 Å². The van der Waals surface area contributed by atoms with E-state index in [9.17, 15) is 0 Å². The molecule has 0 atom stereocenters. The van der Waals surface area contributed by atoms with Crippen molar-refractivity contribution >= 4 is 125 Å². The molecule has 16 aromatic rings. The normalized spacial score (nSPS) is 11.9. The number of hydrogen-bond donors (Lipinski definition) is 0. The molecular weight excluding hydrogens is 921 g/mol. The summed E-state index contributed by atoms with van der Waals surface area (Å²) in [4.78, 5) is 7.05. The highest BCUT2D eigenvalue weighted by Crippen LogP contribution is 2.45. The SMILES string of the molecule is c1cnc2c(c1)oc1ccc(-c3ccc(N(c4ccc5cc(-c6cccc7c8ccccc8c8ccccc8c67)ccc5c4)c4ccc5cc(-c6cccc7c8ccccc8c8ccccc8c67)ccc5c4)cc3)cc12. The summed E-state index contributed by atoms with van der Waals surface area (Å²) in [6.07, 6.45) is 1.83. The monoisotopic (exact) mass is 964 g/mol. The average Bonchev–Trinajstić information content (AvgIpc) is 3.90. The standard InChI is InChI=1S/C73H44N2O/c1-3-14-62-58(12-1)60-16-5-7-18-64(60)71-56(20-9-22-66(62)71)51-27-25-48-42-54(36-31-46(48)40-51)75(53-34-29-45(30-35-53)50-33-38-69-68(44-50)73-70(76-69)24-11-39-74-73)55-37-32-47-41-52(28-26-49(47)43-55)57-21-10-23-67-63-15-4-2-13-59(63)61-17-6-8-19-65(61)72(57)67/h1-44H. The van der Waals surface area contributed by atoms with Crippen LogP contribution in [0.2, 0.25) is 0 Å². The molecule has 0 saturated heterocycles. The van der Waals surface area contributed by atoms with Crippen molar-refractivity contribution in [2.24, 2.45) is 0 Å². The first kappa shape index (κ1) is 42.4. The minimum absolute atomic E-state index is 0.797. The van der Waals surface area contributed by atoms with E-state index in [-0.39, 0.29) is 0 Å². The summed E-state index contributed by atoms with van der Waals surface area (Å²) in [7, 11) is 0. The second-order valence-corrected chi connectivity index (χ2v) is 20.2. The second-order valence-electron chi connectivity index (χ2n) is 20.2. The summed E-state index contributed by atoms with van der Waals surface area (Å²) >= 11 is 0. The molecule has 0 aliphatic heterocycles. The zero-order valence-electron chi connectivity index (χ0n) is 41.2. The molecule has 0 saturated carbocycles. The van der Waals surface area contributed by atoms with Crippen LogP contribution in [0.25, 0.3) is 142 Å². The van der Waals surface area contributed by atoms with Gasteiger partial charge in [-0.3, -0.25) is 4.98 Å². The van der Waals surface area contributed by atoms with Gasteiger partial charge < -0.3 is 9.32 Å². The number of furan rings is 1. The maximum absolute atomic E-state index is 6.13. The molecule has 0 N–H and O–H groups in total. The minimum atomic E-state index is 0.797. The van der Waals surface area contributed by atoms with Gasteiger partial charge in [0.25, 0.3) is 0 Å². The van der Waals surface area contributed by atoms with E-state index in [1.54, 1.807) is 0 Å². The van der Waals surface area contributed by atoms with Crippen molar-refractivity contribution in [1.29, 1.82) is 0 Å². The molecule has 0 bridgehead atoms. The van der Waals surface area contributed by atoms with Crippen LogP contribution in [0.1, 0.15) is 0 Å². The van der Waals surface area contributed by atoms with E-state index < -0.39 is 0 Å². The van der Waals surface area contributed by atoms with Crippen LogP contribution < -0.4 is 4.90 Å². The number of hydrogen-bond acceptors (Lipinski definition) is 3. The van der Waals surface area contributed by atoms with Gasteiger partial charge in [0.2, 0.25) is 0 Å². The maximum Gasteiger partial charge on any atom is 0.153 e. The molecule has 76 heavy (non-hydrogen) atoms. The number of nitrogens with zero attached hydrogens (tertiary/aromatic N) is 2. The van der Waals surface area contributed by atoms with Gasteiger partial charge in [-0.25, -0.2) is 0 Å². The maximum atomic E-state index is 6.13. The van der Waals surface area contributed by atoms with E-state index in [1.807, 2.05) is 18.3 Å². The first-order valence-electron chi connectivity index (χ1n) is 26.1. The smallest absolute Gasteiger partial charge is 0.153 e. The molecule has 3 heteroatoms. The Labute approximate surface area is 437 Å². The van der Waals surface area contributed by atoms with Gasteiger partial charge in [0, 0.05) is 28.6 Å². The Balaban J connectivity index is 0.821. The van der Waals surface area contributed by atoms with Crippen LogP contribution in [0.3, 0.4) is 0 Å². The third kappa shape index (κ3) is 6.59. The van der Waals surface area contributed by atoms with Gasteiger partial charge in [-0.05, 0) is 192 Å². The lowest BCUT2D eigenvalue weighted by Gasteiger charge is -2.26. The number of aromatic nitrogens is 1. The van der Waals surface area contributed by atoms with E-state index >= 15 is 0 Å². The summed E-state index contributed by atoms with van der Waals surface area (Å²) in [5.41, 5.74) is 12.9. The third-order valence-electron chi connectivity index (χ3n) is 16.0. The van der Waals surface area contributed by atoms with Crippen LogP contribution in [0, 0.1) is 0 Å². The fourth-order valence-corrected chi connectivity index (χ4v) is 12.5. The number of pyridine rings is 1. The number of rotatable bonds is 6. The summed E-state index contributed by atoms with van der Waals surface area (Å²) in [5.74, 6) is 0. The fraction of sp³-hybridized carbons (Fsp3) is 0. The Morgan fingerprint density at radius 2 is 0.671 bits per heavy atom. The topological polar surface area (TPSA) is 29.3 Å². The molecule has 0 aliphatic rings. The Bertz CT molecular complexity index is 4740. The zero-order valence-corrected chi connectivity index (χ0v) is 41.2. The summed E-state index contributed by atoms with van der Waals surface area (Å²) in [6.45, 7) is 0. The van der Waals surface area contributed by atoms with Crippen molar-refractivity contribution in [2.75, 3.05) is 4.90 Å². The van der Waals surface area contributed by atoms with Crippen LogP contribution in [-0.2, 0) is 0 Å². The molecule has 0 spiro atoms. The predicted molar refractivity (Wildman–Crippen MR) is 323 cm³/mol. The van der Waals surface area contributed by atoms with Crippen molar-refractivity contribution in [3.63, 3.8) is 0 Å². The highest BCUT2D eigenvalue weighted by molar-refractivity contribution is 6.30. The Hall–Kier alpha value is -10.1. The molecule has 16 rings (SSSR count). The lowest BCUT2D eigenvalue weighted by molar-refractivity contribution is 0.668. The molecule has 0 fully saturated rings. The van der Waals surface area contributed by atoms with Crippen molar-refractivity contribution < 1.29 is 4.42 Å². The third-order valence-corrected chi connectivity index (χ3v) is 16.0. The molecule has 0 aliphatic carbocycles. The predicted octanol–water partition coefficient (Wildman–Crippen LogP) is 20.7. The molecule has 352 valence electrons. The summed E-state index contributed by atoms with van der Waals surface area (Å²) in [6, 6.07) is 95.8. The average molecular weight is 965 g/mol. The molecular formula is C73H44N2O. The van der Waals surface area contributed by atoms with Gasteiger partial charge in [0.1, 0.15) is 11.1 Å². The van der Waals surface area contributed by atoms with Crippen molar-refractivity contribution in [3.05, 3.63) is 267 Å². The van der Waals surface area contributed by atoms with E-state index in [2.05, 4.69) is 259 Å². The Morgan fingerprint density at radius 3 is 1.18 bits per heavy atom. The largest absolute Gasteiger partial charge is 0.454 e. The first-order chi connectivity index (χ1) is 37.7. The minimum Gasteiger partial charge on any atom is -0.454 e. The van der Waals surface area contributed by atoms with Crippen LogP contribution in [-0.4, -0.2) is 4.98 Å². The highest BCUT2D eigenvalue weighted by Gasteiger charge is 2.19. The van der Waals surface area contributed by atoms with Gasteiger partial charge in [-0.15, -0.1) is 0 Å². The van der Waals surface area contributed by atoms with E-state index in [0.717, 1.165) is 50.3 Å². The van der Waals surface area contributed by atoms with Gasteiger partial charge in [0.15, 0.2) is 5.58 Å². The van der Waals surface area contributed by atoms with Crippen LogP contribution >= 0.6 is 0 Å².